The van der Waals surface area contributed by atoms with E-state index >= 15 is 0 Å². The van der Waals surface area contributed by atoms with Gasteiger partial charge in [0.2, 0.25) is 0 Å². The quantitative estimate of drug-likeness (QED) is 0.645. The summed E-state index contributed by atoms with van der Waals surface area (Å²) in [6, 6.07) is 4.20. The van der Waals surface area contributed by atoms with E-state index < -0.39 is 0 Å². The molecule has 1 saturated heterocycles. The van der Waals surface area contributed by atoms with Crippen molar-refractivity contribution in [3.05, 3.63) is 46.7 Å². The number of rotatable bonds is 5. The van der Waals surface area contributed by atoms with Crippen molar-refractivity contribution >= 4 is 17.2 Å². The van der Waals surface area contributed by atoms with Crippen molar-refractivity contribution in [2.45, 2.75) is 38.1 Å². The Hall–Kier alpha value is -2.58. The van der Waals surface area contributed by atoms with Gasteiger partial charge in [0, 0.05) is 25.8 Å². The van der Waals surface area contributed by atoms with E-state index in [1.54, 1.807) is 27.1 Å². The fourth-order valence-corrected chi connectivity index (χ4v) is 4.59. The zero-order valence-corrected chi connectivity index (χ0v) is 17.4. The zero-order chi connectivity index (χ0) is 20.0. The fourth-order valence-electron chi connectivity index (χ4n) is 3.81. The number of nitrogens with zero attached hydrogens (tertiary/aromatic N) is 5. The van der Waals surface area contributed by atoms with Crippen LogP contribution in [-0.2, 0) is 4.74 Å². The summed E-state index contributed by atoms with van der Waals surface area (Å²) in [7, 11) is 1.85. The third-order valence-corrected chi connectivity index (χ3v) is 6.55. The van der Waals surface area contributed by atoms with Crippen LogP contribution in [0.4, 0.5) is 0 Å². The molecule has 150 valence electrons. The van der Waals surface area contributed by atoms with Crippen molar-refractivity contribution in [1.29, 1.82) is 0 Å². The highest BCUT2D eigenvalue weighted by Crippen LogP contribution is 2.42. The van der Waals surface area contributed by atoms with Crippen molar-refractivity contribution in [3.8, 4) is 16.5 Å². The third-order valence-electron chi connectivity index (χ3n) is 5.68. The molecule has 29 heavy (non-hydrogen) atoms. The van der Waals surface area contributed by atoms with Crippen molar-refractivity contribution in [3.63, 3.8) is 0 Å². The van der Waals surface area contributed by atoms with Crippen LogP contribution in [0.25, 0.3) is 16.5 Å². The molecule has 1 amide bonds. The fraction of sp³-hybridized carbons (Fsp3) is 0.429. The van der Waals surface area contributed by atoms with Gasteiger partial charge in [0.15, 0.2) is 0 Å². The molecule has 3 aromatic heterocycles. The molecule has 5 rings (SSSR count). The highest BCUT2D eigenvalue weighted by atomic mass is 32.1. The van der Waals surface area contributed by atoms with E-state index in [9.17, 15) is 4.79 Å². The summed E-state index contributed by atoms with van der Waals surface area (Å²) in [4.78, 5) is 25.5. The number of aromatic nitrogens is 4. The second-order valence-electron chi connectivity index (χ2n) is 7.74. The Morgan fingerprint density at radius 3 is 2.86 bits per heavy atom. The van der Waals surface area contributed by atoms with Crippen LogP contribution >= 0.6 is 11.3 Å². The lowest BCUT2D eigenvalue weighted by atomic mass is 10.1. The number of amides is 1. The molecule has 0 aromatic carbocycles. The van der Waals surface area contributed by atoms with Crippen LogP contribution in [0.2, 0.25) is 0 Å². The van der Waals surface area contributed by atoms with Gasteiger partial charge in [-0.15, -0.1) is 11.3 Å². The maximum Gasteiger partial charge on any atom is 0.257 e. The van der Waals surface area contributed by atoms with E-state index in [1.165, 1.54) is 0 Å². The van der Waals surface area contributed by atoms with Gasteiger partial charge in [-0.25, -0.2) is 14.6 Å². The lowest BCUT2D eigenvalue weighted by Crippen LogP contribution is -2.37. The molecule has 0 spiro atoms. The highest BCUT2D eigenvalue weighted by molar-refractivity contribution is 7.13. The standard InChI is InChI=1S/C21H23N5O2S/c1-13-10-22-21(24-18(13)17-4-3-9-29-17)26-19(14-5-6-14)16(11-23-26)20(27)25(2)15-7-8-28-12-15/h3-4,9-11,14-15H,5-8,12H2,1-2H3/t15-/m0/s1. The first-order valence-corrected chi connectivity index (χ1v) is 10.8. The van der Waals surface area contributed by atoms with Crippen LogP contribution in [0, 0.1) is 6.92 Å². The average molecular weight is 410 g/mol. The number of hydrogen-bond acceptors (Lipinski definition) is 6. The van der Waals surface area contributed by atoms with E-state index in [0.29, 0.717) is 30.6 Å². The summed E-state index contributed by atoms with van der Waals surface area (Å²) in [6.45, 7) is 3.32. The smallest absolute Gasteiger partial charge is 0.257 e. The van der Waals surface area contributed by atoms with Crippen LogP contribution in [0.15, 0.2) is 29.9 Å². The van der Waals surface area contributed by atoms with Crippen LogP contribution in [-0.4, -0.2) is 56.9 Å². The molecule has 0 radical (unpaired) electrons. The number of likely N-dealkylation sites (N-methyl/N-ethyl adjacent to an activating group) is 1. The second kappa shape index (κ2) is 7.35. The number of thiophene rings is 1. The molecule has 2 fully saturated rings. The third kappa shape index (κ3) is 3.36. The minimum atomic E-state index is -0.000702. The molecular weight excluding hydrogens is 386 g/mol. The molecule has 0 bridgehead atoms. The molecular formula is C21H23N5O2S. The lowest BCUT2D eigenvalue weighted by molar-refractivity contribution is 0.0710. The van der Waals surface area contributed by atoms with Gasteiger partial charge in [0.05, 0.1) is 40.7 Å². The first-order valence-electron chi connectivity index (χ1n) is 9.94. The van der Waals surface area contributed by atoms with E-state index in [4.69, 9.17) is 9.72 Å². The van der Waals surface area contributed by atoms with Crippen molar-refractivity contribution in [2.75, 3.05) is 20.3 Å². The average Bonchev–Trinajstić information content (AvgIpc) is 3.17. The largest absolute Gasteiger partial charge is 0.379 e. The predicted octanol–water partition coefficient (Wildman–Crippen LogP) is 3.44. The number of ether oxygens (including phenoxy) is 1. The Morgan fingerprint density at radius 2 is 2.17 bits per heavy atom. The van der Waals surface area contributed by atoms with E-state index in [0.717, 1.165) is 41.1 Å². The first kappa shape index (κ1) is 18.4. The highest BCUT2D eigenvalue weighted by Gasteiger charge is 2.36. The summed E-state index contributed by atoms with van der Waals surface area (Å²) in [5.74, 6) is 0.853. The Morgan fingerprint density at radius 1 is 1.31 bits per heavy atom. The monoisotopic (exact) mass is 409 g/mol. The summed E-state index contributed by atoms with van der Waals surface area (Å²) >= 11 is 1.65. The van der Waals surface area contributed by atoms with E-state index in [2.05, 4.69) is 16.1 Å². The minimum absolute atomic E-state index is 0.000702. The summed E-state index contributed by atoms with van der Waals surface area (Å²) in [5.41, 5.74) is 3.52. The minimum Gasteiger partial charge on any atom is -0.379 e. The van der Waals surface area contributed by atoms with Crippen LogP contribution in [0.5, 0.6) is 0 Å². The lowest BCUT2D eigenvalue weighted by Gasteiger charge is -2.23. The SMILES string of the molecule is Cc1cnc(-n2ncc(C(=O)N(C)[C@H]3CCOC3)c2C2CC2)nc1-c1cccs1. The van der Waals surface area contributed by atoms with Crippen LogP contribution < -0.4 is 0 Å². The van der Waals surface area contributed by atoms with Gasteiger partial charge in [-0.1, -0.05) is 6.07 Å². The maximum absolute atomic E-state index is 13.2. The molecule has 0 N–H and O–H groups in total. The Labute approximate surface area is 173 Å². The Bertz CT molecular complexity index is 1040. The molecule has 1 aliphatic carbocycles. The zero-order valence-electron chi connectivity index (χ0n) is 16.5. The van der Waals surface area contributed by atoms with Crippen molar-refractivity contribution in [2.24, 2.45) is 0 Å². The van der Waals surface area contributed by atoms with Gasteiger partial charge in [-0.2, -0.15) is 5.10 Å². The molecule has 1 saturated carbocycles. The van der Waals surface area contributed by atoms with Crippen molar-refractivity contribution < 1.29 is 9.53 Å². The van der Waals surface area contributed by atoms with Crippen LogP contribution in [0.1, 0.15) is 46.8 Å². The number of carbonyl (C=O) groups is 1. The molecule has 1 atom stereocenters. The van der Waals surface area contributed by atoms with Gasteiger partial charge in [-0.3, -0.25) is 4.79 Å². The second-order valence-corrected chi connectivity index (χ2v) is 8.69. The number of carbonyl (C=O) groups excluding carboxylic acids is 1. The molecule has 8 heteroatoms. The maximum atomic E-state index is 13.2. The summed E-state index contributed by atoms with van der Waals surface area (Å²) in [5, 5.41) is 6.59. The predicted molar refractivity (Wildman–Crippen MR) is 110 cm³/mol. The van der Waals surface area contributed by atoms with E-state index in [-0.39, 0.29) is 11.9 Å². The molecule has 0 unspecified atom stereocenters. The normalized spacial score (nSPS) is 18.9. The van der Waals surface area contributed by atoms with E-state index in [1.807, 2.05) is 31.6 Å². The molecule has 2 aliphatic rings. The van der Waals surface area contributed by atoms with Gasteiger partial charge in [-0.05, 0) is 43.2 Å². The van der Waals surface area contributed by atoms with Gasteiger partial charge in [0.25, 0.3) is 11.9 Å². The molecule has 4 heterocycles. The van der Waals surface area contributed by atoms with Crippen LogP contribution in [0.3, 0.4) is 0 Å². The van der Waals surface area contributed by atoms with Gasteiger partial charge < -0.3 is 9.64 Å². The Kier molecular flexibility index (Phi) is 4.67. The Balaban J connectivity index is 1.54. The number of hydrogen-bond donors (Lipinski definition) is 0. The van der Waals surface area contributed by atoms with Gasteiger partial charge >= 0.3 is 0 Å². The van der Waals surface area contributed by atoms with Crippen molar-refractivity contribution in [1.82, 2.24) is 24.6 Å². The van der Waals surface area contributed by atoms with Gasteiger partial charge in [0.1, 0.15) is 0 Å². The summed E-state index contributed by atoms with van der Waals surface area (Å²) in [6.07, 6.45) is 6.51. The molecule has 7 nitrogen and oxygen atoms in total. The topological polar surface area (TPSA) is 73.1 Å². The first-order chi connectivity index (χ1) is 14.1. The summed E-state index contributed by atoms with van der Waals surface area (Å²) < 4.78 is 7.22. The molecule has 1 aliphatic heterocycles. The number of aryl methyl sites for hydroxylation is 1. The molecule has 3 aromatic rings.